The minimum Gasteiger partial charge on any atom is -0.497 e. The Kier molecular flexibility index (Phi) is 3.64. The van der Waals surface area contributed by atoms with Gasteiger partial charge >= 0.3 is 0 Å². The molecule has 0 aliphatic heterocycles. The lowest BCUT2D eigenvalue weighted by atomic mass is 10.3. The maximum atomic E-state index is 5.40. The molecule has 0 fully saturated rings. The summed E-state index contributed by atoms with van der Waals surface area (Å²) in [6.45, 7) is 0. The first-order chi connectivity index (χ1) is 10.2. The Bertz CT molecular complexity index is 874. The van der Waals surface area contributed by atoms with Crippen molar-refractivity contribution in [1.82, 2.24) is 19.5 Å². The molecule has 2 aromatic heterocycles. The van der Waals surface area contributed by atoms with E-state index in [0.717, 1.165) is 15.9 Å². The molecule has 8 heteroatoms. The second kappa shape index (κ2) is 5.45. The molecule has 1 aromatic carbocycles. The summed E-state index contributed by atoms with van der Waals surface area (Å²) < 4.78 is 13.7. The minimum absolute atomic E-state index is 0.448. The van der Waals surface area contributed by atoms with Gasteiger partial charge in [-0.15, -0.1) is 0 Å². The van der Waals surface area contributed by atoms with Crippen molar-refractivity contribution in [2.75, 3.05) is 14.2 Å². The molecule has 0 amide bonds. The van der Waals surface area contributed by atoms with Crippen molar-refractivity contribution in [3.63, 3.8) is 0 Å². The number of hydrogen-bond donors (Lipinski definition) is 1. The fourth-order valence-electron chi connectivity index (χ4n) is 2.07. The highest BCUT2D eigenvalue weighted by Crippen LogP contribution is 2.30. The van der Waals surface area contributed by atoms with E-state index in [0.29, 0.717) is 21.8 Å². The van der Waals surface area contributed by atoms with Crippen molar-refractivity contribution < 1.29 is 9.47 Å². The van der Waals surface area contributed by atoms with Crippen LogP contribution in [0.25, 0.3) is 16.9 Å². The molecular weight excluding hydrogens is 356 g/mol. The summed E-state index contributed by atoms with van der Waals surface area (Å²) in [7, 11) is 3.17. The molecule has 0 radical (unpaired) electrons. The molecule has 0 atom stereocenters. The van der Waals surface area contributed by atoms with Crippen LogP contribution in [-0.4, -0.2) is 33.7 Å². The monoisotopic (exact) mass is 366 g/mol. The number of fused-ring (bicyclic) bond motifs is 1. The number of aromatic nitrogens is 4. The summed E-state index contributed by atoms with van der Waals surface area (Å²) in [5.74, 6) is 1.18. The average molecular weight is 367 g/mol. The van der Waals surface area contributed by atoms with E-state index in [-0.39, 0.29) is 0 Å². The molecule has 0 bridgehead atoms. The Balaban J connectivity index is 2.35. The Labute approximate surface area is 133 Å². The first-order valence-electron chi connectivity index (χ1n) is 5.99. The van der Waals surface area contributed by atoms with Crippen LogP contribution >= 0.6 is 28.1 Å². The van der Waals surface area contributed by atoms with Crippen LogP contribution in [0.15, 0.2) is 29.0 Å². The Morgan fingerprint density at radius 2 is 2.05 bits per heavy atom. The van der Waals surface area contributed by atoms with E-state index in [1.54, 1.807) is 14.2 Å². The van der Waals surface area contributed by atoms with Crippen LogP contribution < -0.4 is 9.47 Å². The number of nitrogens with one attached hydrogen (secondary N) is 1. The number of aromatic amines is 1. The molecule has 0 saturated carbocycles. The summed E-state index contributed by atoms with van der Waals surface area (Å²) in [5, 5.41) is 0. The smallest absolute Gasteiger partial charge is 0.242 e. The third-order valence-electron chi connectivity index (χ3n) is 3.03. The molecule has 0 unspecified atom stereocenters. The maximum absolute atomic E-state index is 5.40. The van der Waals surface area contributed by atoms with Crippen LogP contribution in [0.1, 0.15) is 0 Å². The van der Waals surface area contributed by atoms with E-state index in [1.165, 1.54) is 6.33 Å². The number of H-pyrrole nitrogens is 1. The molecule has 0 aliphatic carbocycles. The van der Waals surface area contributed by atoms with Crippen molar-refractivity contribution in [2.24, 2.45) is 0 Å². The van der Waals surface area contributed by atoms with Crippen LogP contribution in [0.4, 0.5) is 0 Å². The van der Waals surface area contributed by atoms with Crippen LogP contribution in [0.3, 0.4) is 0 Å². The number of hydrogen-bond acceptors (Lipinski definition) is 5. The minimum atomic E-state index is 0.448. The predicted octanol–water partition coefficient (Wildman–Crippen LogP) is 3.26. The quantitative estimate of drug-likeness (QED) is 0.720. The molecule has 0 spiro atoms. The molecule has 1 N–H and O–H groups in total. The summed E-state index contributed by atoms with van der Waals surface area (Å²) in [5.41, 5.74) is 2.12. The lowest BCUT2D eigenvalue weighted by Gasteiger charge is -2.09. The molecule has 0 saturated heterocycles. The first-order valence-corrected chi connectivity index (χ1v) is 7.19. The van der Waals surface area contributed by atoms with Gasteiger partial charge in [-0.3, -0.25) is 4.57 Å². The van der Waals surface area contributed by atoms with Gasteiger partial charge in [-0.25, -0.2) is 4.98 Å². The number of imidazole rings is 1. The van der Waals surface area contributed by atoms with Gasteiger partial charge in [0.1, 0.15) is 17.6 Å². The second-order valence-electron chi connectivity index (χ2n) is 4.16. The third-order valence-corrected chi connectivity index (χ3v) is 3.98. The number of benzene rings is 1. The molecular formula is C13H11BrN4O2S. The van der Waals surface area contributed by atoms with Crippen molar-refractivity contribution in [1.29, 1.82) is 0 Å². The van der Waals surface area contributed by atoms with Crippen LogP contribution in [-0.2, 0) is 0 Å². The van der Waals surface area contributed by atoms with Crippen molar-refractivity contribution in [2.45, 2.75) is 0 Å². The lowest BCUT2D eigenvalue weighted by Crippen LogP contribution is -1.98. The normalized spacial score (nSPS) is 10.8. The van der Waals surface area contributed by atoms with E-state index >= 15 is 0 Å². The maximum Gasteiger partial charge on any atom is 0.242 e. The first kappa shape index (κ1) is 14.0. The summed E-state index contributed by atoms with van der Waals surface area (Å²) >= 11 is 8.93. The molecule has 0 aliphatic rings. The zero-order valence-corrected chi connectivity index (χ0v) is 13.7. The van der Waals surface area contributed by atoms with Crippen molar-refractivity contribution in [3.8, 4) is 17.3 Å². The Morgan fingerprint density at radius 1 is 1.24 bits per heavy atom. The molecule has 3 rings (SSSR count). The van der Waals surface area contributed by atoms with Crippen LogP contribution in [0.5, 0.6) is 11.6 Å². The highest BCUT2D eigenvalue weighted by molar-refractivity contribution is 9.10. The number of methoxy groups -OCH3 is 2. The van der Waals surface area contributed by atoms with E-state index in [4.69, 9.17) is 21.7 Å². The van der Waals surface area contributed by atoms with E-state index < -0.39 is 0 Å². The van der Waals surface area contributed by atoms with Gasteiger partial charge in [0.15, 0.2) is 10.4 Å². The van der Waals surface area contributed by atoms with Gasteiger partial charge in [-0.2, -0.15) is 4.98 Å². The summed E-state index contributed by atoms with van der Waals surface area (Å²) in [4.78, 5) is 11.4. The largest absolute Gasteiger partial charge is 0.497 e. The van der Waals surface area contributed by atoms with Gasteiger partial charge in [0.25, 0.3) is 0 Å². The van der Waals surface area contributed by atoms with Crippen LogP contribution in [0.2, 0.25) is 0 Å². The van der Waals surface area contributed by atoms with Crippen molar-refractivity contribution in [3.05, 3.63) is 33.8 Å². The highest BCUT2D eigenvalue weighted by atomic mass is 79.9. The Morgan fingerprint density at radius 3 is 2.76 bits per heavy atom. The predicted molar refractivity (Wildman–Crippen MR) is 84.9 cm³/mol. The fourth-order valence-corrected chi connectivity index (χ4v) is 2.78. The standard InChI is InChI=1S/C13H11BrN4O2S/c1-19-7-3-4-8(14)9(5-7)18-11-10(17-13(18)21)12(20-2)16-6-15-11/h3-6H,1-2H3,(H,17,21). The zero-order chi connectivity index (χ0) is 15.0. The number of rotatable bonds is 3. The number of ether oxygens (including phenoxy) is 2. The topological polar surface area (TPSA) is 65.0 Å². The van der Waals surface area contributed by atoms with Crippen LogP contribution in [0, 0.1) is 4.77 Å². The molecule has 3 aromatic rings. The molecule has 108 valence electrons. The van der Waals surface area contributed by atoms with Gasteiger partial charge in [-0.1, -0.05) is 0 Å². The Hall–Kier alpha value is -1.93. The molecule has 2 heterocycles. The van der Waals surface area contributed by atoms with E-state index in [2.05, 4.69) is 30.9 Å². The fraction of sp³-hybridized carbons (Fsp3) is 0.154. The average Bonchev–Trinajstić information content (AvgIpc) is 2.83. The van der Waals surface area contributed by atoms with Gasteiger partial charge in [0.2, 0.25) is 5.88 Å². The summed E-state index contributed by atoms with van der Waals surface area (Å²) in [6.07, 6.45) is 1.44. The lowest BCUT2D eigenvalue weighted by molar-refractivity contribution is 0.401. The summed E-state index contributed by atoms with van der Waals surface area (Å²) in [6, 6.07) is 5.64. The number of halogens is 1. The molecule has 6 nitrogen and oxygen atoms in total. The van der Waals surface area contributed by atoms with Gasteiger partial charge < -0.3 is 14.5 Å². The zero-order valence-electron chi connectivity index (χ0n) is 11.3. The van der Waals surface area contributed by atoms with Crippen molar-refractivity contribution >= 4 is 39.3 Å². The van der Waals surface area contributed by atoms with Gasteiger partial charge in [0, 0.05) is 10.5 Å². The van der Waals surface area contributed by atoms with Gasteiger partial charge in [-0.05, 0) is 40.3 Å². The second-order valence-corrected chi connectivity index (χ2v) is 5.41. The van der Waals surface area contributed by atoms with E-state index in [1.807, 2.05) is 22.8 Å². The highest BCUT2D eigenvalue weighted by Gasteiger charge is 2.15. The third kappa shape index (κ3) is 2.30. The SMILES string of the molecule is COc1ccc(Br)c(-n2c(=S)[nH]c3c(OC)ncnc32)c1. The van der Waals surface area contributed by atoms with Gasteiger partial charge in [0.05, 0.1) is 19.9 Å². The number of nitrogens with zero attached hydrogens (tertiary/aromatic N) is 3. The van der Waals surface area contributed by atoms with E-state index in [9.17, 15) is 0 Å². The molecule has 21 heavy (non-hydrogen) atoms.